The van der Waals surface area contributed by atoms with Crippen LogP contribution in [-0.2, 0) is 4.43 Å². The lowest BCUT2D eigenvalue weighted by molar-refractivity contribution is 0.290. The van der Waals surface area contributed by atoms with Crippen LogP contribution in [0, 0.1) is 0 Å². The summed E-state index contributed by atoms with van der Waals surface area (Å²) in [4.78, 5) is 0. The topological polar surface area (TPSA) is 29.5 Å². The molecule has 0 bridgehead atoms. The lowest BCUT2D eigenvalue weighted by Crippen LogP contribution is -2.41. The molecule has 0 saturated heterocycles. The first-order valence-corrected chi connectivity index (χ1v) is 8.52. The van der Waals surface area contributed by atoms with E-state index in [1.807, 2.05) is 13.0 Å². The second-order valence-electron chi connectivity index (χ2n) is 5.59. The predicted octanol–water partition coefficient (Wildman–Crippen LogP) is 3.34. The van der Waals surface area contributed by atoms with Gasteiger partial charge in [0.05, 0.1) is 6.61 Å². The summed E-state index contributed by atoms with van der Waals surface area (Å²) in [5, 5.41) is 9.00. The summed E-state index contributed by atoms with van der Waals surface area (Å²) in [6.07, 6.45) is 2.77. The molecule has 0 heterocycles. The van der Waals surface area contributed by atoms with E-state index >= 15 is 0 Å². The minimum absolute atomic E-state index is 0.131. The summed E-state index contributed by atoms with van der Waals surface area (Å²) in [5.74, 6) is 0. The fourth-order valence-electron chi connectivity index (χ4n) is 0.942. The van der Waals surface area contributed by atoms with E-state index in [9.17, 15) is 0 Å². The van der Waals surface area contributed by atoms with Gasteiger partial charge in [0, 0.05) is 6.61 Å². The maximum atomic E-state index is 8.72. The quantitative estimate of drug-likeness (QED) is 0.580. The van der Waals surface area contributed by atoms with Crippen LogP contribution in [0.5, 0.6) is 0 Å². The van der Waals surface area contributed by atoms with E-state index in [4.69, 9.17) is 9.53 Å². The minimum Gasteiger partial charge on any atom is -0.417 e. The van der Waals surface area contributed by atoms with Crippen LogP contribution in [0.15, 0.2) is 11.6 Å². The zero-order valence-corrected chi connectivity index (χ0v) is 12.1. The van der Waals surface area contributed by atoms with Gasteiger partial charge in [0.25, 0.3) is 0 Å². The Balaban J connectivity index is 4.01. The van der Waals surface area contributed by atoms with Gasteiger partial charge in [-0.25, -0.2) is 0 Å². The Bertz CT molecular complexity index is 214. The lowest BCUT2D eigenvalue weighted by atomic mass is 10.2. The van der Waals surface area contributed by atoms with Crippen molar-refractivity contribution in [3.63, 3.8) is 0 Å². The average molecular weight is 230 g/mol. The van der Waals surface area contributed by atoms with E-state index < -0.39 is 8.32 Å². The maximum absolute atomic E-state index is 8.72. The molecule has 0 aromatic rings. The van der Waals surface area contributed by atoms with E-state index in [0.29, 0.717) is 0 Å². The molecule has 0 amide bonds. The van der Waals surface area contributed by atoms with E-state index in [1.165, 1.54) is 5.57 Å². The zero-order chi connectivity index (χ0) is 12.1. The fraction of sp³-hybridized carbons (Fsp3) is 0.833. The van der Waals surface area contributed by atoms with Crippen LogP contribution in [0.3, 0.4) is 0 Å². The normalized spacial score (nSPS) is 14.5. The number of aliphatic hydroxyl groups excluding tert-OH is 1. The van der Waals surface area contributed by atoms with Gasteiger partial charge in [-0.3, -0.25) is 0 Å². The van der Waals surface area contributed by atoms with Gasteiger partial charge in [0.2, 0.25) is 0 Å². The molecule has 0 saturated carbocycles. The molecule has 0 aliphatic rings. The molecule has 0 aliphatic carbocycles. The molecule has 2 nitrogen and oxygen atoms in total. The highest BCUT2D eigenvalue weighted by Crippen LogP contribution is 2.36. The van der Waals surface area contributed by atoms with Crippen LogP contribution in [0.4, 0.5) is 0 Å². The first-order valence-electron chi connectivity index (χ1n) is 5.61. The molecule has 0 spiro atoms. The second-order valence-corrected chi connectivity index (χ2v) is 10.4. The molecule has 3 heteroatoms. The van der Waals surface area contributed by atoms with Gasteiger partial charge in [0.1, 0.15) is 0 Å². The molecule has 90 valence electrons. The van der Waals surface area contributed by atoms with Gasteiger partial charge in [0.15, 0.2) is 8.32 Å². The van der Waals surface area contributed by atoms with Crippen LogP contribution in [0.1, 0.15) is 34.1 Å². The van der Waals surface area contributed by atoms with Gasteiger partial charge < -0.3 is 9.53 Å². The van der Waals surface area contributed by atoms with Crippen molar-refractivity contribution in [1.82, 2.24) is 0 Å². The molecule has 1 N–H and O–H groups in total. The molecule has 0 fully saturated rings. The monoisotopic (exact) mass is 230 g/mol. The Kier molecular flexibility index (Phi) is 5.78. The number of rotatable bonds is 5. The summed E-state index contributed by atoms with van der Waals surface area (Å²) in [6.45, 7) is 14.2. The Labute approximate surface area is 95.5 Å². The second kappa shape index (κ2) is 5.82. The first kappa shape index (κ1) is 14.9. The van der Waals surface area contributed by atoms with Crippen molar-refractivity contribution >= 4 is 8.32 Å². The smallest absolute Gasteiger partial charge is 0.191 e. The SMILES string of the molecule is C/C(=C/CO)CCO[Si](C)(C)C(C)(C)C. The van der Waals surface area contributed by atoms with Gasteiger partial charge in [-0.05, 0) is 31.5 Å². The van der Waals surface area contributed by atoms with Crippen LogP contribution in [-0.4, -0.2) is 26.6 Å². The molecule has 0 aromatic heterocycles. The van der Waals surface area contributed by atoms with Crippen LogP contribution >= 0.6 is 0 Å². The fourth-order valence-corrected chi connectivity index (χ4v) is 1.99. The van der Waals surface area contributed by atoms with Crippen LogP contribution < -0.4 is 0 Å². The number of hydrogen-bond acceptors (Lipinski definition) is 2. The molecule has 15 heavy (non-hydrogen) atoms. The average Bonchev–Trinajstić information content (AvgIpc) is 2.01. The van der Waals surface area contributed by atoms with E-state index in [0.717, 1.165) is 13.0 Å². The summed E-state index contributed by atoms with van der Waals surface area (Å²) in [7, 11) is -1.58. The highest BCUT2D eigenvalue weighted by Gasteiger charge is 2.36. The molecule has 0 rings (SSSR count). The highest BCUT2D eigenvalue weighted by atomic mass is 28.4. The molecule has 0 aromatic carbocycles. The third-order valence-corrected chi connectivity index (χ3v) is 7.74. The molecule has 0 radical (unpaired) electrons. The van der Waals surface area contributed by atoms with Crippen molar-refractivity contribution in [2.45, 2.75) is 52.2 Å². The van der Waals surface area contributed by atoms with Crippen molar-refractivity contribution in [3.8, 4) is 0 Å². The number of aliphatic hydroxyl groups is 1. The molecule has 0 atom stereocenters. The van der Waals surface area contributed by atoms with Crippen molar-refractivity contribution in [1.29, 1.82) is 0 Å². The first-order chi connectivity index (χ1) is 6.70. The summed E-state index contributed by atoms with van der Waals surface area (Å²) in [5.41, 5.74) is 1.20. The van der Waals surface area contributed by atoms with Crippen molar-refractivity contribution in [2.75, 3.05) is 13.2 Å². The van der Waals surface area contributed by atoms with Crippen molar-refractivity contribution < 1.29 is 9.53 Å². The van der Waals surface area contributed by atoms with Crippen molar-refractivity contribution in [3.05, 3.63) is 11.6 Å². The van der Waals surface area contributed by atoms with Gasteiger partial charge in [-0.1, -0.05) is 32.4 Å². The standard InChI is InChI=1S/C12H26O2Si/c1-11(7-9-13)8-10-14-15(5,6)12(2,3)4/h7,13H,8-10H2,1-6H3/b11-7-. The summed E-state index contributed by atoms with van der Waals surface area (Å²) in [6, 6.07) is 0. The molecule has 0 unspecified atom stereocenters. The van der Waals surface area contributed by atoms with E-state index in [-0.39, 0.29) is 11.6 Å². The molecular weight excluding hydrogens is 204 g/mol. The van der Waals surface area contributed by atoms with E-state index in [2.05, 4.69) is 33.9 Å². The zero-order valence-electron chi connectivity index (χ0n) is 11.1. The molecule has 0 aliphatic heterocycles. The highest BCUT2D eigenvalue weighted by molar-refractivity contribution is 6.74. The van der Waals surface area contributed by atoms with Crippen LogP contribution in [0.2, 0.25) is 18.1 Å². The predicted molar refractivity (Wildman–Crippen MR) is 68.6 cm³/mol. The Morgan fingerprint density at radius 2 is 1.87 bits per heavy atom. The van der Waals surface area contributed by atoms with Gasteiger partial charge in [-0.2, -0.15) is 0 Å². The summed E-state index contributed by atoms with van der Waals surface area (Å²) < 4.78 is 6.03. The third kappa shape index (κ3) is 5.49. The third-order valence-electron chi connectivity index (χ3n) is 3.21. The van der Waals surface area contributed by atoms with Crippen LogP contribution in [0.25, 0.3) is 0 Å². The largest absolute Gasteiger partial charge is 0.417 e. The lowest BCUT2D eigenvalue weighted by Gasteiger charge is -2.36. The number of hydrogen-bond donors (Lipinski definition) is 1. The minimum atomic E-state index is -1.58. The van der Waals surface area contributed by atoms with Gasteiger partial charge >= 0.3 is 0 Å². The van der Waals surface area contributed by atoms with Gasteiger partial charge in [-0.15, -0.1) is 0 Å². The Morgan fingerprint density at radius 1 is 1.33 bits per heavy atom. The van der Waals surface area contributed by atoms with E-state index in [1.54, 1.807) is 0 Å². The summed E-state index contributed by atoms with van der Waals surface area (Å²) >= 11 is 0. The Morgan fingerprint density at radius 3 is 2.27 bits per heavy atom. The maximum Gasteiger partial charge on any atom is 0.191 e. The molecular formula is C12H26O2Si. The van der Waals surface area contributed by atoms with Crippen molar-refractivity contribution in [2.24, 2.45) is 0 Å². The Hall–Kier alpha value is -0.123.